The Morgan fingerprint density at radius 1 is 1.12 bits per heavy atom. The van der Waals surface area contributed by atoms with E-state index in [0.29, 0.717) is 28.5 Å². The standard InChI is InChI=1S/C20H18N2O4/c1-12-16-17(23)18(24)19(13-8-10-15(25-2)11-9-13)26-20(16)22(21-12)14-6-4-3-5-7-14/h3-11,18-19,24H,1-2H3/t18-,19+/m1/s1. The van der Waals surface area contributed by atoms with Gasteiger partial charge in [-0.1, -0.05) is 30.3 Å². The topological polar surface area (TPSA) is 73.6 Å². The molecule has 2 atom stereocenters. The summed E-state index contributed by atoms with van der Waals surface area (Å²) in [5, 5.41) is 15.0. The molecule has 0 aliphatic carbocycles. The summed E-state index contributed by atoms with van der Waals surface area (Å²) < 4.78 is 12.8. The molecule has 1 aliphatic heterocycles. The highest BCUT2D eigenvalue weighted by Crippen LogP contribution is 2.38. The monoisotopic (exact) mass is 350 g/mol. The van der Waals surface area contributed by atoms with Crippen molar-refractivity contribution >= 4 is 5.78 Å². The predicted molar refractivity (Wildman–Crippen MR) is 95.0 cm³/mol. The van der Waals surface area contributed by atoms with Gasteiger partial charge < -0.3 is 14.6 Å². The number of aliphatic hydroxyl groups excluding tert-OH is 1. The number of hydrogen-bond acceptors (Lipinski definition) is 5. The maximum atomic E-state index is 12.8. The molecule has 132 valence electrons. The SMILES string of the molecule is COc1ccc([C@@H]2Oc3c(c(C)nn3-c3ccccc3)C(=O)[C@H]2O)cc1. The first kappa shape index (κ1) is 16.4. The minimum atomic E-state index is -1.29. The number of carbonyl (C=O) groups excluding carboxylic acids is 1. The van der Waals surface area contributed by atoms with Crippen molar-refractivity contribution in [3.63, 3.8) is 0 Å². The molecule has 0 radical (unpaired) electrons. The van der Waals surface area contributed by atoms with E-state index in [1.165, 1.54) is 0 Å². The van der Waals surface area contributed by atoms with Crippen LogP contribution in [0.15, 0.2) is 54.6 Å². The number of para-hydroxylation sites is 1. The van der Waals surface area contributed by atoms with Gasteiger partial charge in [-0.05, 0) is 36.8 Å². The van der Waals surface area contributed by atoms with Crippen LogP contribution in [-0.2, 0) is 0 Å². The Labute approximate surface area is 150 Å². The van der Waals surface area contributed by atoms with Crippen LogP contribution in [-0.4, -0.2) is 33.9 Å². The third-order valence-electron chi connectivity index (χ3n) is 4.50. The first-order valence-corrected chi connectivity index (χ1v) is 8.28. The molecule has 6 heteroatoms. The quantitative estimate of drug-likeness (QED) is 0.786. The van der Waals surface area contributed by atoms with Gasteiger partial charge in [-0.15, -0.1) is 0 Å². The van der Waals surface area contributed by atoms with Crippen LogP contribution < -0.4 is 9.47 Å². The van der Waals surface area contributed by atoms with Crippen molar-refractivity contribution < 1.29 is 19.4 Å². The summed E-state index contributed by atoms with van der Waals surface area (Å²) in [6.07, 6.45) is -2.09. The van der Waals surface area contributed by atoms with Crippen LogP contribution in [0.5, 0.6) is 11.6 Å². The van der Waals surface area contributed by atoms with E-state index in [2.05, 4.69) is 5.10 Å². The lowest BCUT2D eigenvalue weighted by Gasteiger charge is -2.28. The number of carbonyl (C=O) groups is 1. The molecule has 6 nitrogen and oxygen atoms in total. The fraction of sp³-hybridized carbons (Fsp3) is 0.200. The highest BCUT2D eigenvalue weighted by Gasteiger charge is 2.41. The Hall–Kier alpha value is -3.12. The number of ether oxygens (including phenoxy) is 2. The van der Waals surface area contributed by atoms with E-state index >= 15 is 0 Å². The molecule has 1 N–H and O–H groups in total. The lowest BCUT2D eigenvalue weighted by atomic mass is 9.94. The minimum absolute atomic E-state index is 0.325. The zero-order valence-corrected chi connectivity index (χ0v) is 14.4. The van der Waals surface area contributed by atoms with Crippen molar-refractivity contribution in [2.75, 3.05) is 7.11 Å². The normalized spacial score (nSPS) is 19.0. The molecule has 1 aliphatic rings. The minimum Gasteiger partial charge on any atom is -0.497 e. The van der Waals surface area contributed by atoms with Gasteiger partial charge in [0.25, 0.3) is 0 Å². The largest absolute Gasteiger partial charge is 0.497 e. The smallest absolute Gasteiger partial charge is 0.228 e. The molecule has 0 bridgehead atoms. The first-order chi connectivity index (χ1) is 12.6. The summed E-state index contributed by atoms with van der Waals surface area (Å²) >= 11 is 0. The van der Waals surface area contributed by atoms with Gasteiger partial charge in [0.15, 0.2) is 12.2 Å². The molecule has 0 fully saturated rings. The van der Waals surface area contributed by atoms with Gasteiger partial charge in [0.2, 0.25) is 11.7 Å². The van der Waals surface area contributed by atoms with Crippen molar-refractivity contribution in [2.45, 2.75) is 19.1 Å². The number of aliphatic hydroxyl groups is 1. The molecular formula is C20H18N2O4. The number of hydrogen-bond donors (Lipinski definition) is 1. The van der Waals surface area contributed by atoms with Gasteiger partial charge in [-0.2, -0.15) is 5.10 Å². The van der Waals surface area contributed by atoms with Crippen LogP contribution >= 0.6 is 0 Å². The van der Waals surface area contributed by atoms with Crippen LogP contribution in [0.2, 0.25) is 0 Å². The Kier molecular flexibility index (Phi) is 3.97. The molecule has 3 aromatic rings. The molecule has 4 rings (SSSR count). The molecule has 0 spiro atoms. The zero-order chi connectivity index (χ0) is 18.3. The van der Waals surface area contributed by atoms with Crippen LogP contribution in [0.4, 0.5) is 0 Å². The van der Waals surface area contributed by atoms with Crippen LogP contribution in [0.3, 0.4) is 0 Å². The van der Waals surface area contributed by atoms with E-state index in [1.54, 1.807) is 43.0 Å². The maximum Gasteiger partial charge on any atom is 0.228 e. The van der Waals surface area contributed by atoms with Gasteiger partial charge in [0.1, 0.15) is 11.3 Å². The molecule has 1 aromatic heterocycles. The Morgan fingerprint density at radius 3 is 2.46 bits per heavy atom. The van der Waals surface area contributed by atoms with Gasteiger partial charge >= 0.3 is 0 Å². The Bertz CT molecular complexity index is 948. The van der Waals surface area contributed by atoms with Gasteiger partial charge in [-0.3, -0.25) is 4.79 Å². The number of rotatable bonds is 3. The molecule has 0 saturated heterocycles. The molecular weight excluding hydrogens is 332 g/mol. The average Bonchev–Trinajstić information content (AvgIpc) is 3.02. The van der Waals surface area contributed by atoms with Gasteiger partial charge in [0, 0.05) is 0 Å². The number of benzene rings is 2. The molecule has 0 amide bonds. The van der Waals surface area contributed by atoms with E-state index in [-0.39, 0.29) is 5.78 Å². The highest BCUT2D eigenvalue weighted by molar-refractivity contribution is 6.03. The molecule has 26 heavy (non-hydrogen) atoms. The second-order valence-electron chi connectivity index (χ2n) is 6.13. The summed E-state index contributed by atoms with van der Waals surface area (Å²) in [5.74, 6) is 0.660. The summed E-state index contributed by atoms with van der Waals surface area (Å²) in [4.78, 5) is 12.8. The molecule has 2 aromatic carbocycles. The number of ketones is 1. The van der Waals surface area contributed by atoms with Crippen molar-refractivity contribution in [3.8, 4) is 17.3 Å². The number of nitrogens with zero attached hydrogens (tertiary/aromatic N) is 2. The number of Topliss-reactive ketones (excluding diaryl/α,β-unsaturated/α-hetero) is 1. The Balaban J connectivity index is 1.79. The summed E-state index contributed by atoms with van der Waals surface area (Å²) in [5.41, 5.74) is 2.33. The fourth-order valence-electron chi connectivity index (χ4n) is 3.16. The van der Waals surface area contributed by atoms with E-state index in [0.717, 1.165) is 5.69 Å². The van der Waals surface area contributed by atoms with Crippen molar-refractivity contribution in [1.82, 2.24) is 9.78 Å². The van der Waals surface area contributed by atoms with E-state index in [9.17, 15) is 9.90 Å². The van der Waals surface area contributed by atoms with Crippen molar-refractivity contribution in [3.05, 3.63) is 71.4 Å². The fourth-order valence-corrected chi connectivity index (χ4v) is 3.16. The lowest BCUT2D eigenvalue weighted by Crippen LogP contribution is -2.36. The Morgan fingerprint density at radius 2 is 1.81 bits per heavy atom. The zero-order valence-electron chi connectivity index (χ0n) is 14.4. The summed E-state index contributed by atoms with van der Waals surface area (Å²) in [6.45, 7) is 1.74. The second kappa shape index (κ2) is 6.31. The molecule has 0 saturated carbocycles. The average molecular weight is 350 g/mol. The number of methoxy groups -OCH3 is 1. The number of aryl methyl sites for hydroxylation is 1. The predicted octanol–water partition coefficient (Wildman–Crippen LogP) is 2.87. The van der Waals surface area contributed by atoms with Crippen LogP contribution in [0, 0.1) is 6.92 Å². The third kappa shape index (κ3) is 2.55. The van der Waals surface area contributed by atoms with Gasteiger partial charge in [0.05, 0.1) is 18.5 Å². The van der Waals surface area contributed by atoms with Crippen molar-refractivity contribution in [1.29, 1.82) is 0 Å². The van der Waals surface area contributed by atoms with Gasteiger partial charge in [-0.25, -0.2) is 4.68 Å². The third-order valence-corrected chi connectivity index (χ3v) is 4.50. The molecule has 2 heterocycles. The number of aromatic nitrogens is 2. The lowest BCUT2D eigenvalue weighted by molar-refractivity contribution is 0.0188. The first-order valence-electron chi connectivity index (χ1n) is 8.28. The van der Waals surface area contributed by atoms with E-state index < -0.39 is 12.2 Å². The highest BCUT2D eigenvalue weighted by atomic mass is 16.5. The summed E-state index contributed by atoms with van der Waals surface area (Å²) in [6, 6.07) is 16.5. The van der Waals surface area contributed by atoms with E-state index in [1.807, 2.05) is 30.3 Å². The summed E-state index contributed by atoms with van der Waals surface area (Å²) in [7, 11) is 1.58. The van der Waals surface area contributed by atoms with Crippen LogP contribution in [0.25, 0.3) is 5.69 Å². The van der Waals surface area contributed by atoms with Crippen LogP contribution in [0.1, 0.15) is 27.7 Å². The van der Waals surface area contributed by atoms with E-state index in [4.69, 9.17) is 9.47 Å². The second-order valence-corrected chi connectivity index (χ2v) is 6.13. The number of fused-ring (bicyclic) bond motifs is 1. The molecule has 0 unspecified atom stereocenters. The maximum absolute atomic E-state index is 12.8. The van der Waals surface area contributed by atoms with Crippen molar-refractivity contribution in [2.24, 2.45) is 0 Å².